The maximum atomic E-state index is 12.9. The van der Waals surface area contributed by atoms with Crippen LogP contribution in [-0.4, -0.2) is 49.9 Å². The van der Waals surface area contributed by atoms with E-state index in [9.17, 15) is 14.7 Å². The number of ether oxygens (including phenoxy) is 5. The number of aromatic hydroxyl groups is 1. The lowest BCUT2D eigenvalue weighted by atomic mass is 9.65. The predicted octanol–water partition coefficient (Wildman–Crippen LogP) is 2.22. The quantitative estimate of drug-likeness (QED) is 0.285. The zero-order valence-electron chi connectivity index (χ0n) is 18.2. The number of phenols is 1. The van der Waals surface area contributed by atoms with Crippen molar-refractivity contribution >= 4 is 24.4 Å². The molecular formula is C22H23ClN2O9. The molecule has 5 rings (SSSR count). The van der Waals surface area contributed by atoms with E-state index >= 15 is 0 Å². The van der Waals surface area contributed by atoms with Crippen LogP contribution in [0.15, 0.2) is 24.3 Å². The molecule has 12 heteroatoms. The number of fused-ring (bicyclic) bond motifs is 3. The maximum absolute atomic E-state index is 12.9. The molecule has 182 valence electrons. The summed E-state index contributed by atoms with van der Waals surface area (Å²) in [7, 11) is 2.84. The number of esters is 1. The molecule has 1 aliphatic carbocycles. The van der Waals surface area contributed by atoms with Crippen molar-refractivity contribution < 1.29 is 43.6 Å². The van der Waals surface area contributed by atoms with Gasteiger partial charge in [0.15, 0.2) is 23.0 Å². The van der Waals surface area contributed by atoms with Gasteiger partial charge in [-0.25, -0.2) is 10.3 Å². The van der Waals surface area contributed by atoms with Gasteiger partial charge >= 0.3 is 12.0 Å². The Morgan fingerprint density at radius 2 is 1.65 bits per heavy atom. The topological polar surface area (TPSA) is 145 Å². The van der Waals surface area contributed by atoms with E-state index in [1.165, 1.54) is 14.2 Å². The lowest BCUT2D eigenvalue weighted by Crippen LogP contribution is -2.45. The van der Waals surface area contributed by atoms with Crippen molar-refractivity contribution in [2.24, 2.45) is 11.8 Å². The molecule has 0 unspecified atom stereocenters. The fourth-order valence-corrected chi connectivity index (χ4v) is 5.01. The Hall–Kier alpha value is -3.57. The Morgan fingerprint density at radius 3 is 2.24 bits per heavy atom. The van der Waals surface area contributed by atoms with E-state index in [-0.39, 0.29) is 43.1 Å². The van der Waals surface area contributed by atoms with Gasteiger partial charge in [-0.05, 0) is 41.0 Å². The summed E-state index contributed by atoms with van der Waals surface area (Å²) in [6.07, 6.45) is 0. The highest BCUT2D eigenvalue weighted by molar-refractivity contribution is 5.85. The molecule has 0 radical (unpaired) electrons. The minimum Gasteiger partial charge on any atom is -0.502 e. The average Bonchev–Trinajstić information content (AvgIpc) is 3.44. The molecule has 3 aliphatic rings. The summed E-state index contributed by atoms with van der Waals surface area (Å²) < 4.78 is 27.2. The summed E-state index contributed by atoms with van der Waals surface area (Å²) in [5.74, 6) is -0.804. The summed E-state index contributed by atoms with van der Waals surface area (Å²) in [6.45, 7) is 0.129. The molecule has 11 nitrogen and oxygen atoms in total. The summed E-state index contributed by atoms with van der Waals surface area (Å²) in [5, 5.41) is 22.2. The fraction of sp³-hybridized carbons (Fsp3) is 0.364. The largest absolute Gasteiger partial charge is 0.502 e. The van der Waals surface area contributed by atoms with Crippen LogP contribution in [-0.2, 0) is 9.53 Å². The van der Waals surface area contributed by atoms with Crippen LogP contribution in [0.1, 0.15) is 28.7 Å². The van der Waals surface area contributed by atoms with Crippen molar-refractivity contribution in [3.8, 4) is 28.7 Å². The Kier molecular flexibility index (Phi) is 6.24. The number of amides is 2. The first kappa shape index (κ1) is 23.6. The van der Waals surface area contributed by atoms with E-state index in [0.29, 0.717) is 28.2 Å². The van der Waals surface area contributed by atoms with Crippen LogP contribution >= 0.6 is 12.4 Å². The van der Waals surface area contributed by atoms with Crippen molar-refractivity contribution in [1.82, 2.24) is 10.8 Å². The van der Waals surface area contributed by atoms with Gasteiger partial charge in [-0.15, -0.1) is 12.4 Å². The number of hydrogen-bond acceptors (Lipinski definition) is 9. The molecule has 0 bridgehead atoms. The first-order valence-corrected chi connectivity index (χ1v) is 10.2. The number of urea groups is 1. The second-order valence-corrected chi connectivity index (χ2v) is 7.97. The zero-order valence-corrected chi connectivity index (χ0v) is 19.0. The van der Waals surface area contributed by atoms with Crippen LogP contribution in [0.2, 0.25) is 0 Å². The van der Waals surface area contributed by atoms with Gasteiger partial charge in [-0.2, -0.15) is 0 Å². The van der Waals surface area contributed by atoms with Gasteiger partial charge in [0.2, 0.25) is 12.5 Å². The van der Waals surface area contributed by atoms with Crippen molar-refractivity contribution in [3.63, 3.8) is 0 Å². The standard InChI is InChI=1S/C22H22N2O9.ClH/c1-29-15-3-9(4-16(30-2)20(15)25)17-10-5-13-14(33-8-32-13)6-11(10)19(23-22(27)24-28)12-7-31-21(26)18(12)17;/h3-6,12,17-19,25,28H,7-8H2,1-2H3,(H2,23,24,27);1H/t12-,17+,18-,19+;/m0./s1. The minimum absolute atomic E-state index is 0. The molecule has 1 fully saturated rings. The molecule has 2 amide bonds. The van der Waals surface area contributed by atoms with Gasteiger partial charge < -0.3 is 34.1 Å². The molecule has 0 spiro atoms. The first-order chi connectivity index (χ1) is 16.0. The van der Waals surface area contributed by atoms with Crippen molar-refractivity contribution in [1.29, 1.82) is 0 Å². The molecule has 2 heterocycles. The molecular weight excluding hydrogens is 472 g/mol. The molecule has 4 atom stereocenters. The number of methoxy groups -OCH3 is 2. The number of hydroxylamine groups is 1. The van der Waals surface area contributed by atoms with E-state index in [4.69, 9.17) is 28.9 Å². The van der Waals surface area contributed by atoms with E-state index < -0.39 is 35.8 Å². The minimum atomic E-state index is -0.812. The third-order valence-electron chi connectivity index (χ3n) is 6.44. The first-order valence-electron chi connectivity index (χ1n) is 10.2. The zero-order chi connectivity index (χ0) is 23.3. The van der Waals surface area contributed by atoms with Crippen LogP contribution in [0, 0.1) is 11.8 Å². The molecule has 1 saturated heterocycles. The van der Waals surface area contributed by atoms with Gasteiger partial charge in [0.05, 0.1) is 32.8 Å². The second kappa shape index (κ2) is 8.99. The molecule has 2 aromatic rings. The number of cyclic esters (lactones) is 1. The van der Waals surface area contributed by atoms with Gasteiger partial charge in [-0.1, -0.05) is 0 Å². The van der Waals surface area contributed by atoms with Crippen LogP contribution in [0.3, 0.4) is 0 Å². The molecule has 0 aromatic heterocycles. The van der Waals surface area contributed by atoms with Gasteiger partial charge in [0, 0.05) is 11.8 Å². The Morgan fingerprint density at radius 1 is 1.03 bits per heavy atom. The second-order valence-electron chi connectivity index (χ2n) is 7.97. The highest BCUT2D eigenvalue weighted by Gasteiger charge is 2.53. The van der Waals surface area contributed by atoms with Crippen molar-refractivity contribution in [2.45, 2.75) is 12.0 Å². The fourth-order valence-electron chi connectivity index (χ4n) is 5.01. The highest BCUT2D eigenvalue weighted by atomic mass is 35.5. The monoisotopic (exact) mass is 494 g/mol. The molecule has 2 aromatic carbocycles. The van der Waals surface area contributed by atoms with Gasteiger partial charge in [0.25, 0.3) is 0 Å². The average molecular weight is 495 g/mol. The van der Waals surface area contributed by atoms with Crippen LogP contribution in [0.25, 0.3) is 0 Å². The maximum Gasteiger partial charge on any atom is 0.339 e. The van der Waals surface area contributed by atoms with E-state index in [1.54, 1.807) is 29.7 Å². The number of phenolic OH excluding ortho intramolecular Hbond substituents is 1. The lowest BCUT2D eigenvalue weighted by molar-refractivity contribution is -0.141. The molecule has 0 saturated carbocycles. The van der Waals surface area contributed by atoms with Gasteiger partial charge in [-0.3, -0.25) is 10.0 Å². The number of carbonyl (C=O) groups is 2. The Balaban J connectivity index is 0.00000274. The molecule has 34 heavy (non-hydrogen) atoms. The molecule has 4 N–H and O–H groups in total. The molecule has 2 aliphatic heterocycles. The van der Waals surface area contributed by atoms with Gasteiger partial charge in [0.1, 0.15) is 0 Å². The lowest BCUT2D eigenvalue weighted by Gasteiger charge is -2.39. The van der Waals surface area contributed by atoms with Crippen LogP contribution in [0.5, 0.6) is 28.7 Å². The Labute approximate surface area is 200 Å². The summed E-state index contributed by atoms with van der Waals surface area (Å²) in [5.41, 5.74) is 3.63. The SMILES string of the molecule is COc1cc([C@@H]2c3cc4c(cc3[C@@H](NC(=O)NO)[C@H]3COC(=O)[C@H]23)OCO4)cc(OC)c1O.Cl. The Bertz CT molecular complexity index is 1120. The number of benzene rings is 2. The summed E-state index contributed by atoms with van der Waals surface area (Å²) in [4.78, 5) is 25.0. The van der Waals surface area contributed by atoms with Crippen LogP contribution in [0.4, 0.5) is 4.79 Å². The predicted molar refractivity (Wildman–Crippen MR) is 117 cm³/mol. The highest BCUT2D eigenvalue weighted by Crippen LogP contribution is 2.55. The van der Waals surface area contributed by atoms with E-state index in [2.05, 4.69) is 5.32 Å². The number of nitrogens with one attached hydrogen (secondary N) is 2. The third kappa shape index (κ3) is 3.57. The van der Waals surface area contributed by atoms with E-state index in [0.717, 1.165) is 0 Å². The summed E-state index contributed by atoms with van der Waals surface area (Å²) >= 11 is 0. The number of carbonyl (C=O) groups excluding carboxylic acids is 2. The number of rotatable bonds is 4. The normalized spacial score (nSPS) is 23.7. The third-order valence-corrected chi connectivity index (χ3v) is 6.44. The number of hydrogen-bond donors (Lipinski definition) is 4. The summed E-state index contributed by atoms with van der Waals surface area (Å²) in [6, 6.07) is 5.38. The smallest absolute Gasteiger partial charge is 0.339 e. The van der Waals surface area contributed by atoms with E-state index in [1.807, 2.05) is 0 Å². The van der Waals surface area contributed by atoms with Crippen LogP contribution < -0.4 is 29.7 Å². The van der Waals surface area contributed by atoms with Crippen molar-refractivity contribution in [3.05, 3.63) is 41.0 Å². The number of halogens is 1. The van der Waals surface area contributed by atoms with Crippen molar-refractivity contribution in [2.75, 3.05) is 27.6 Å².